The monoisotopic (exact) mass is 256 g/mol. The molecule has 4 nitrogen and oxygen atoms in total. The Morgan fingerprint density at radius 2 is 2.06 bits per heavy atom. The third-order valence-electron chi connectivity index (χ3n) is 2.60. The van der Waals surface area contributed by atoms with Crippen molar-refractivity contribution in [3.63, 3.8) is 0 Å². The smallest absolute Gasteiger partial charge is 0.222 e. The maximum absolute atomic E-state index is 5.63. The van der Waals surface area contributed by atoms with Crippen molar-refractivity contribution in [3.05, 3.63) is 41.4 Å². The molecule has 1 aromatic carbocycles. The first-order valence-electron chi connectivity index (χ1n) is 5.56. The largest absolute Gasteiger partial charge is 0.368 e. The Morgan fingerprint density at radius 1 is 1.17 bits per heavy atom. The molecule has 0 unspecified atom stereocenters. The number of thiophene rings is 1. The zero-order valence-electron chi connectivity index (χ0n) is 9.84. The van der Waals surface area contributed by atoms with Crippen molar-refractivity contribution in [1.29, 1.82) is 0 Å². The number of benzene rings is 1. The lowest BCUT2D eigenvalue weighted by atomic mass is 10.2. The van der Waals surface area contributed by atoms with E-state index in [4.69, 9.17) is 5.73 Å². The van der Waals surface area contributed by atoms with Gasteiger partial charge in [-0.25, -0.2) is 4.98 Å². The van der Waals surface area contributed by atoms with Crippen LogP contribution in [0.3, 0.4) is 0 Å². The van der Waals surface area contributed by atoms with Gasteiger partial charge in [-0.2, -0.15) is 4.98 Å². The Morgan fingerprint density at radius 3 is 2.89 bits per heavy atom. The van der Waals surface area contributed by atoms with E-state index in [0.29, 0.717) is 0 Å². The van der Waals surface area contributed by atoms with Crippen LogP contribution in [0.25, 0.3) is 10.1 Å². The van der Waals surface area contributed by atoms with E-state index in [9.17, 15) is 0 Å². The van der Waals surface area contributed by atoms with Crippen LogP contribution in [0.15, 0.2) is 35.7 Å². The second-order valence-corrected chi connectivity index (χ2v) is 5.00. The van der Waals surface area contributed by atoms with Crippen molar-refractivity contribution in [2.24, 2.45) is 0 Å². The zero-order chi connectivity index (χ0) is 12.5. The number of aromatic nitrogens is 2. The van der Waals surface area contributed by atoms with Gasteiger partial charge in [-0.3, -0.25) is 0 Å². The number of rotatable bonds is 2. The molecule has 0 bridgehead atoms. The maximum Gasteiger partial charge on any atom is 0.222 e. The number of nitrogen functional groups attached to an aromatic ring is 1. The number of hydrogen-bond acceptors (Lipinski definition) is 5. The standard InChI is InChI=1S/C13H12N4S/c1-8-6-12(17-13(14)15-8)16-10-2-3-11-9(7-10)4-5-18-11/h2-7H,1H3,(H3,14,15,16,17). The van der Waals surface area contributed by atoms with Crippen LogP contribution in [0.5, 0.6) is 0 Å². The topological polar surface area (TPSA) is 63.8 Å². The summed E-state index contributed by atoms with van der Waals surface area (Å²) in [5.41, 5.74) is 7.47. The van der Waals surface area contributed by atoms with Crippen molar-refractivity contribution in [3.8, 4) is 0 Å². The third kappa shape index (κ3) is 2.12. The van der Waals surface area contributed by atoms with Crippen LogP contribution < -0.4 is 11.1 Å². The molecule has 0 radical (unpaired) electrons. The van der Waals surface area contributed by atoms with Gasteiger partial charge in [0.05, 0.1) is 0 Å². The Balaban J connectivity index is 1.95. The van der Waals surface area contributed by atoms with E-state index in [0.717, 1.165) is 17.2 Å². The van der Waals surface area contributed by atoms with E-state index in [1.807, 2.05) is 19.1 Å². The lowest BCUT2D eigenvalue weighted by Gasteiger charge is -2.07. The Kier molecular flexibility index (Phi) is 2.60. The van der Waals surface area contributed by atoms with E-state index in [1.165, 1.54) is 10.1 Å². The molecule has 0 aliphatic rings. The third-order valence-corrected chi connectivity index (χ3v) is 3.49. The molecule has 18 heavy (non-hydrogen) atoms. The van der Waals surface area contributed by atoms with E-state index >= 15 is 0 Å². The molecule has 0 fully saturated rings. The molecular formula is C13H12N4S. The van der Waals surface area contributed by atoms with Gasteiger partial charge in [0.25, 0.3) is 0 Å². The molecule has 0 aliphatic carbocycles. The van der Waals surface area contributed by atoms with Crippen LogP contribution >= 0.6 is 11.3 Å². The molecule has 0 saturated heterocycles. The van der Waals surface area contributed by atoms with Crippen LogP contribution in [-0.2, 0) is 0 Å². The fourth-order valence-electron chi connectivity index (χ4n) is 1.85. The first kappa shape index (κ1) is 11.0. The summed E-state index contributed by atoms with van der Waals surface area (Å²) in [4.78, 5) is 8.20. The summed E-state index contributed by atoms with van der Waals surface area (Å²) in [5, 5.41) is 6.55. The van der Waals surface area contributed by atoms with Gasteiger partial charge in [0.15, 0.2) is 0 Å². The summed E-state index contributed by atoms with van der Waals surface area (Å²) in [7, 11) is 0. The Bertz CT molecular complexity index is 685. The van der Waals surface area contributed by atoms with Crippen molar-refractivity contribution >= 4 is 38.9 Å². The van der Waals surface area contributed by atoms with Crippen molar-refractivity contribution in [1.82, 2.24) is 9.97 Å². The van der Waals surface area contributed by atoms with Gasteiger partial charge < -0.3 is 11.1 Å². The summed E-state index contributed by atoms with van der Waals surface area (Å²) in [6, 6.07) is 10.2. The average Bonchev–Trinajstić information content (AvgIpc) is 2.74. The van der Waals surface area contributed by atoms with Crippen molar-refractivity contribution < 1.29 is 0 Å². The van der Waals surface area contributed by atoms with Gasteiger partial charge in [-0.15, -0.1) is 11.3 Å². The van der Waals surface area contributed by atoms with Gasteiger partial charge in [0.2, 0.25) is 5.95 Å². The highest BCUT2D eigenvalue weighted by atomic mass is 32.1. The normalized spacial score (nSPS) is 10.7. The minimum atomic E-state index is 0.286. The number of nitrogens with two attached hydrogens (primary N) is 1. The number of nitrogens with one attached hydrogen (secondary N) is 1. The second-order valence-electron chi connectivity index (χ2n) is 4.05. The van der Waals surface area contributed by atoms with Gasteiger partial charge in [0, 0.05) is 22.1 Å². The van der Waals surface area contributed by atoms with Crippen LogP contribution in [0.4, 0.5) is 17.5 Å². The quantitative estimate of drug-likeness (QED) is 0.738. The zero-order valence-corrected chi connectivity index (χ0v) is 10.7. The van der Waals surface area contributed by atoms with E-state index < -0.39 is 0 Å². The Labute approximate surface area is 109 Å². The highest BCUT2D eigenvalue weighted by molar-refractivity contribution is 7.17. The van der Waals surface area contributed by atoms with Gasteiger partial charge >= 0.3 is 0 Å². The second kappa shape index (κ2) is 4.27. The van der Waals surface area contributed by atoms with Gasteiger partial charge in [0.1, 0.15) is 5.82 Å². The minimum Gasteiger partial charge on any atom is -0.368 e. The van der Waals surface area contributed by atoms with Crippen LogP contribution in [0, 0.1) is 6.92 Å². The fourth-order valence-corrected chi connectivity index (χ4v) is 2.62. The van der Waals surface area contributed by atoms with Crippen molar-refractivity contribution in [2.45, 2.75) is 6.92 Å². The lowest BCUT2D eigenvalue weighted by Crippen LogP contribution is -2.01. The molecule has 2 aromatic heterocycles. The van der Waals surface area contributed by atoms with Crippen LogP contribution in [0.1, 0.15) is 5.69 Å². The SMILES string of the molecule is Cc1cc(Nc2ccc3sccc3c2)nc(N)n1. The molecule has 0 atom stereocenters. The summed E-state index contributed by atoms with van der Waals surface area (Å²) in [5.74, 6) is 1.00. The molecule has 0 aliphatic heterocycles. The first-order chi connectivity index (χ1) is 8.70. The van der Waals surface area contributed by atoms with E-state index in [2.05, 4.69) is 38.9 Å². The molecule has 3 rings (SSSR count). The highest BCUT2D eigenvalue weighted by Crippen LogP contribution is 2.25. The van der Waals surface area contributed by atoms with Crippen LogP contribution in [0.2, 0.25) is 0 Å². The van der Waals surface area contributed by atoms with Crippen molar-refractivity contribution in [2.75, 3.05) is 11.1 Å². The van der Waals surface area contributed by atoms with Crippen LogP contribution in [-0.4, -0.2) is 9.97 Å². The molecular weight excluding hydrogens is 244 g/mol. The molecule has 3 aromatic rings. The first-order valence-corrected chi connectivity index (χ1v) is 6.44. The van der Waals surface area contributed by atoms with Gasteiger partial charge in [-0.05, 0) is 42.0 Å². The van der Waals surface area contributed by atoms with Gasteiger partial charge in [-0.1, -0.05) is 0 Å². The molecule has 0 saturated carbocycles. The fraction of sp³-hybridized carbons (Fsp3) is 0.0769. The summed E-state index contributed by atoms with van der Waals surface area (Å²) < 4.78 is 1.28. The highest BCUT2D eigenvalue weighted by Gasteiger charge is 2.01. The number of aryl methyl sites for hydroxylation is 1. The molecule has 2 heterocycles. The average molecular weight is 256 g/mol. The number of hydrogen-bond donors (Lipinski definition) is 2. The summed E-state index contributed by atoms with van der Waals surface area (Å²) in [6.07, 6.45) is 0. The van der Waals surface area contributed by atoms with E-state index in [-0.39, 0.29) is 5.95 Å². The number of anilines is 3. The predicted octanol–water partition coefficient (Wildman–Crippen LogP) is 3.33. The molecule has 0 spiro atoms. The number of nitrogens with zero attached hydrogens (tertiary/aromatic N) is 2. The maximum atomic E-state index is 5.63. The Hall–Kier alpha value is -2.14. The molecule has 90 valence electrons. The minimum absolute atomic E-state index is 0.286. The van der Waals surface area contributed by atoms with E-state index in [1.54, 1.807) is 11.3 Å². The summed E-state index contributed by atoms with van der Waals surface area (Å²) >= 11 is 1.73. The predicted molar refractivity (Wildman–Crippen MR) is 76.3 cm³/mol. The molecule has 3 N–H and O–H groups in total. The summed E-state index contributed by atoms with van der Waals surface area (Å²) in [6.45, 7) is 1.89. The molecule has 0 amide bonds. The lowest BCUT2D eigenvalue weighted by molar-refractivity contribution is 1.12. The molecule has 5 heteroatoms. The number of fused-ring (bicyclic) bond motifs is 1.